The summed E-state index contributed by atoms with van der Waals surface area (Å²) in [5.41, 5.74) is 0.814. The van der Waals surface area contributed by atoms with Gasteiger partial charge in [0.1, 0.15) is 0 Å². The standard InChI is InChI=1S/C14H21FN2O/c1-2-18-14-6-5-12(10-13(14)15)17-9-7-11-4-3-8-16-11/h5-6,10-11,16-17H,2-4,7-9H2,1H3. The summed E-state index contributed by atoms with van der Waals surface area (Å²) in [5.74, 6) is 0.0151. The van der Waals surface area contributed by atoms with Crippen molar-refractivity contribution in [2.75, 3.05) is 25.0 Å². The Bertz CT molecular complexity index is 378. The fraction of sp³-hybridized carbons (Fsp3) is 0.571. The van der Waals surface area contributed by atoms with E-state index in [1.807, 2.05) is 13.0 Å². The average Bonchev–Trinajstić information content (AvgIpc) is 2.86. The van der Waals surface area contributed by atoms with Crippen molar-refractivity contribution in [3.05, 3.63) is 24.0 Å². The van der Waals surface area contributed by atoms with Gasteiger partial charge in [-0.2, -0.15) is 0 Å². The summed E-state index contributed by atoms with van der Waals surface area (Å²) in [6.07, 6.45) is 3.59. The third kappa shape index (κ3) is 3.60. The quantitative estimate of drug-likeness (QED) is 0.816. The zero-order chi connectivity index (χ0) is 12.8. The second-order valence-electron chi connectivity index (χ2n) is 4.59. The van der Waals surface area contributed by atoms with E-state index in [-0.39, 0.29) is 5.82 Å². The van der Waals surface area contributed by atoms with E-state index in [4.69, 9.17) is 4.74 Å². The summed E-state index contributed by atoms with van der Waals surface area (Å²) < 4.78 is 18.8. The van der Waals surface area contributed by atoms with Gasteiger partial charge in [0.05, 0.1) is 6.61 Å². The summed E-state index contributed by atoms with van der Waals surface area (Å²) in [5, 5.41) is 6.69. The van der Waals surface area contributed by atoms with E-state index in [1.165, 1.54) is 18.9 Å². The van der Waals surface area contributed by atoms with E-state index < -0.39 is 0 Å². The van der Waals surface area contributed by atoms with Crippen molar-refractivity contribution in [2.45, 2.75) is 32.2 Å². The number of hydrogen-bond acceptors (Lipinski definition) is 3. The van der Waals surface area contributed by atoms with Gasteiger partial charge >= 0.3 is 0 Å². The highest BCUT2D eigenvalue weighted by atomic mass is 19.1. The molecule has 0 radical (unpaired) electrons. The molecule has 0 bridgehead atoms. The van der Waals surface area contributed by atoms with Crippen molar-refractivity contribution in [2.24, 2.45) is 0 Å². The van der Waals surface area contributed by atoms with Gasteiger partial charge in [0.15, 0.2) is 11.6 Å². The molecule has 1 saturated heterocycles. The van der Waals surface area contributed by atoms with Crippen LogP contribution in [0.15, 0.2) is 18.2 Å². The minimum atomic E-state index is -0.305. The lowest BCUT2D eigenvalue weighted by Crippen LogP contribution is -2.24. The largest absolute Gasteiger partial charge is 0.491 e. The van der Waals surface area contributed by atoms with Crippen LogP contribution in [-0.2, 0) is 0 Å². The van der Waals surface area contributed by atoms with E-state index in [9.17, 15) is 4.39 Å². The van der Waals surface area contributed by atoms with Crippen LogP contribution in [0.2, 0.25) is 0 Å². The fourth-order valence-electron chi connectivity index (χ4n) is 2.28. The lowest BCUT2D eigenvalue weighted by atomic mass is 10.1. The molecule has 1 unspecified atom stereocenters. The molecule has 2 N–H and O–H groups in total. The predicted octanol–water partition coefficient (Wildman–Crippen LogP) is 2.78. The molecule has 100 valence electrons. The first-order valence-corrected chi connectivity index (χ1v) is 6.69. The second-order valence-corrected chi connectivity index (χ2v) is 4.59. The number of rotatable bonds is 6. The molecule has 0 spiro atoms. The van der Waals surface area contributed by atoms with Crippen molar-refractivity contribution in [1.29, 1.82) is 0 Å². The molecule has 1 aliphatic rings. The number of ether oxygens (including phenoxy) is 1. The lowest BCUT2D eigenvalue weighted by molar-refractivity contribution is 0.321. The molecule has 3 nitrogen and oxygen atoms in total. The van der Waals surface area contributed by atoms with Gasteiger partial charge in [-0.15, -0.1) is 0 Å². The Morgan fingerprint density at radius 1 is 1.50 bits per heavy atom. The van der Waals surface area contributed by atoms with Crippen LogP contribution in [0.5, 0.6) is 5.75 Å². The SMILES string of the molecule is CCOc1ccc(NCCC2CCCN2)cc1F. The topological polar surface area (TPSA) is 33.3 Å². The Balaban J connectivity index is 1.80. The molecule has 1 aliphatic heterocycles. The molecule has 1 aromatic carbocycles. The molecular formula is C14H21FN2O. The summed E-state index contributed by atoms with van der Waals surface area (Å²) in [6.45, 7) is 4.32. The van der Waals surface area contributed by atoms with Gasteiger partial charge in [-0.1, -0.05) is 0 Å². The molecule has 1 atom stereocenters. The molecule has 18 heavy (non-hydrogen) atoms. The highest BCUT2D eigenvalue weighted by molar-refractivity contribution is 5.47. The fourth-order valence-corrected chi connectivity index (χ4v) is 2.28. The summed E-state index contributed by atoms with van der Waals surface area (Å²) >= 11 is 0. The highest BCUT2D eigenvalue weighted by Crippen LogP contribution is 2.21. The Morgan fingerprint density at radius 2 is 2.39 bits per heavy atom. The van der Waals surface area contributed by atoms with Crippen LogP contribution in [0.25, 0.3) is 0 Å². The first kappa shape index (κ1) is 13.1. The Hall–Kier alpha value is -1.29. The molecule has 1 aromatic rings. The maximum atomic E-state index is 13.6. The summed E-state index contributed by atoms with van der Waals surface area (Å²) in [6, 6.07) is 5.64. The zero-order valence-corrected chi connectivity index (χ0v) is 10.8. The van der Waals surface area contributed by atoms with Crippen molar-refractivity contribution >= 4 is 5.69 Å². The van der Waals surface area contributed by atoms with Crippen molar-refractivity contribution in [3.63, 3.8) is 0 Å². The molecule has 0 aromatic heterocycles. The number of hydrogen-bond donors (Lipinski definition) is 2. The van der Waals surface area contributed by atoms with Gasteiger partial charge in [0.2, 0.25) is 0 Å². The van der Waals surface area contributed by atoms with E-state index in [1.54, 1.807) is 6.07 Å². The number of benzene rings is 1. The molecule has 0 amide bonds. The van der Waals surface area contributed by atoms with Gasteiger partial charge < -0.3 is 15.4 Å². The van der Waals surface area contributed by atoms with Crippen LogP contribution in [0.1, 0.15) is 26.2 Å². The summed E-state index contributed by atoms with van der Waals surface area (Å²) in [7, 11) is 0. The van der Waals surface area contributed by atoms with Crippen LogP contribution in [-0.4, -0.2) is 25.7 Å². The van der Waals surface area contributed by atoms with Crippen LogP contribution >= 0.6 is 0 Å². The van der Waals surface area contributed by atoms with Gasteiger partial charge in [0.25, 0.3) is 0 Å². The maximum absolute atomic E-state index is 13.6. The van der Waals surface area contributed by atoms with E-state index in [0.717, 1.165) is 25.2 Å². The molecule has 1 fully saturated rings. The van der Waals surface area contributed by atoms with Crippen LogP contribution in [0.4, 0.5) is 10.1 Å². The minimum absolute atomic E-state index is 0.305. The third-order valence-corrected chi connectivity index (χ3v) is 3.22. The maximum Gasteiger partial charge on any atom is 0.167 e. The minimum Gasteiger partial charge on any atom is -0.491 e. The number of anilines is 1. The van der Waals surface area contributed by atoms with Crippen molar-refractivity contribution in [3.8, 4) is 5.75 Å². The second kappa shape index (κ2) is 6.59. The molecule has 2 rings (SSSR count). The van der Waals surface area contributed by atoms with Crippen molar-refractivity contribution in [1.82, 2.24) is 5.32 Å². The predicted molar refractivity (Wildman–Crippen MR) is 71.7 cm³/mol. The Morgan fingerprint density at radius 3 is 3.06 bits per heavy atom. The first-order chi connectivity index (χ1) is 8.79. The zero-order valence-electron chi connectivity index (χ0n) is 10.8. The number of nitrogens with one attached hydrogen (secondary N) is 2. The van der Waals surface area contributed by atoms with E-state index in [0.29, 0.717) is 18.4 Å². The van der Waals surface area contributed by atoms with Gasteiger partial charge in [0, 0.05) is 24.3 Å². The third-order valence-electron chi connectivity index (χ3n) is 3.22. The molecule has 4 heteroatoms. The monoisotopic (exact) mass is 252 g/mol. The van der Waals surface area contributed by atoms with E-state index >= 15 is 0 Å². The van der Waals surface area contributed by atoms with Crippen LogP contribution in [0.3, 0.4) is 0 Å². The highest BCUT2D eigenvalue weighted by Gasteiger charge is 2.13. The van der Waals surface area contributed by atoms with E-state index in [2.05, 4.69) is 10.6 Å². The Kier molecular flexibility index (Phi) is 4.81. The van der Waals surface area contributed by atoms with Crippen molar-refractivity contribution < 1.29 is 9.13 Å². The molecule has 0 aliphatic carbocycles. The first-order valence-electron chi connectivity index (χ1n) is 6.69. The molecule has 0 saturated carbocycles. The summed E-state index contributed by atoms with van der Waals surface area (Å²) in [4.78, 5) is 0. The number of halogens is 1. The molecule has 1 heterocycles. The van der Waals surface area contributed by atoms with Crippen LogP contribution in [0, 0.1) is 5.82 Å². The average molecular weight is 252 g/mol. The van der Waals surface area contributed by atoms with Crippen LogP contribution < -0.4 is 15.4 Å². The van der Waals surface area contributed by atoms with Gasteiger partial charge in [-0.05, 0) is 44.9 Å². The normalized spacial score (nSPS) is 18.9. The van der Waals surface area contributed by atoms with Gasteiger partial charge in [-0.3, -0.25) is 0 Å². The molecular weight excluding hydrogens is 231 g/mol. The lowest BCUT2D eigenvalue weighted by Gasteiger charge is -2.12. The Labute approximate surface area is 108 Å². The smallest absolute Gasteiger partial charge is 0.167 e. The van der Waals surface area contributed by atoms with Gasteiger partial charge in [-0.25, -0.2) is 4.39 Å².